The molecule has 0 radical (unpaired) electrons. The lowest BCUT2D eigenvalue weighted by molar-refractivity contribution is 0.0548. The molecule has 2 heterocycles. The number of aryl methyl sites for hydroxylation is 1. The molecule has 2 atom stereocenters. The number of rotatable bonds is 2. The second kappa shape index (κ2) is 5.10. The molecule has 17 heavy (non-hydrogen) atoms. The highest BCUT2D eigenvalue weighted by Gasteiger charge is 2.31. The summed E-state index contributed by atoms with van der Waals surface area (Å²) in [6.07, 6.45) is 0.756. The van der Waals surface area contributed by atoms with E-state index in [0.717, 1.165) is 25.2 Å². The summed E-state index contributed by atoms with van der Waals surface area (Å²) in [6, 6.07) is 0.441. The lowest BCUT2D eigenvalue weighted by atomic mass is 10.1. The summed E-state index contributed by atoms with van der Waals surface area (Å²) in [6.45, 7) is 7.84. The predicted octanol–water partition coefficient (Wildman–Crippen LogP) is 0.923. The molecule has 0 aliphatic carbocycles. The zero-order chi connectivity index (χ0) is 12.4. The summed E-state index contributed by atoms with van der Waals surface area (Å²) in [5.74, 6) is 0.0818. The number of hydrogen-bond acceptors (Lipinski definition) is 5. The Balaban J connectivity index is 2.24. The van der Waals surface area contributed by atoms with Gasteiger partial charge < -0.3 is 10.2 Å². The first-order chi connectivity index (χ1) is 8.15. The van der Waals surface area contributed by atoms with Crippen LogP contribution in [0.1, 0.15) is 36.1 Å². The lowest BCUT2D eigenvalue weighted by Crippen LogP contribution is -2.57. The van der Waals surface area contributed by atoms with E-state index in [-0.39, 0.29) is 18.0 Å². The minimum absolute atomic E-state index is 0.0818. The summed E-state index contributed by atoms with van der Waals surface area (Å²) >= 11 is 1.21. The van der Waals surface area contributed by atoms with Crippen molar-refractivity contribution >= 4 is 17.4 Å². The fraction of sp³-hybridized carbons (Fsp3) is 0.727. The molecule has 1 N–H and O–H groups in total. The van der Waals surface area contributed by atoms with Crippen LogP contribution in [0.5, 0.6) is 0 Å². The molecule has 94 valence electrons. The highest BCUT2D eigenvalue weighted by molar-refractivity contribution is 7.08. The number of nitrogens with one attached hydrogen (secondary N) is 1. The Labute approximate surface area is 105 Å². The number of hydrogen-bond donors (Lipinski definition) is 1. The van der Waals surface area contributed by atoms with Crippen LogP contribution < -0.4 is 5.32 Å². The molecule has 6 heteroatoms. The van der Waals surface area contributed by atoms with Crippen LogP contribution in [0.25, 0.3) is 0 Å². The number of piperazine rings is 1. The molecule has 1 amide bonds. The van der Waals surface area contributed by atoms with Crippen molar-refractivity contribution in [2.75, 3.05) is 13.1 Å². The van der Waals surface area contributed by atoms with Crippen molar-refractivity contribution in [2.45, 2.75) is 39.3 Å². The molecule has 1 fully saturated rings. The van der Waals surface area contributed by atoms with Crippen LogP contribution in [0.3, 0.4) is 0 Å². The largest absolute Gasteiger partial charge is 0.330 e. The van der Waals surface area contributed by atoms with Gasteiger partial charge in [0.15, 0.2) is 0 Å². The topological polar surface area (TPSA) is 58.1 Å². The van der Waals surface area contributed by atoms with Crippen LogP contribution in [0.15, 0.2) is 0 Å². The molecule has 0 aromatic carbocycles. The Morgan fingerprint density at radius 1 is 1.47 bits per heavy atom. The van der Waals surface area contributed by atoms with Crippen molar-refractivity contribution < 1.29 is 4.79 Å². The van der Waals surface area contributed by atoms with Gasteiger partial charge in [-0.2, -0.15) is 0 Å². The molecule has 5 nitrogen and oxygen atoms in total. The third kappa shape index (κ3) is 2.32. The van der Waals surface area contributed by atoms with Crippen molar-refractivity contribution in [1.29, 1.82) is 0 Å². The molecule has 1 aliphatic heterocycles. The first kappa shape index (κ1) is 12.4. The van der Waals surface area contributed by atoms with Gasteiger partial charge in [0.05, 0.1) is 5.69 Å². The Hall–Kier alpha value is -1.01. The average molecular weight is 254 g/mol. The zero-order valence-corrected chi connectivity index (χ0v) is 11.3. The van der Waals surface area contributed by atoms with Crippen molar-refractivity contribution in [3.8, 4) is 0 Å². The molecule has 0 saturated carbocycles. The van der Waals surface area contributed by atoms with Crippen LogP contribution in [0, 0.1) is 0 Å². The molecule has 2 rings (SSSR count). The molecule has 0 spiro atoms. The quantitative estimate of drug-likeness (QED) is 0.853. The fourth-order valence-corrected chi connectivity index (χ4v) is 2.95. The second-order valence-electron chi connectivity index (χ2n) is 4.47. The Morgan fingerprint density at radius 3 is 2.71 bits per heavy atom. The molecule has 1 aromatic heterocycles. The monoisotopic (exact) mass is 254 g/mol. The maximum absolute atomic E-state index is 12.5. The van der Waals surface area contributed by atoms with Gasteiger partial charge in [-0.3, -0.25) is 4.79 Å². The highest BCUT2D eigenvalue weighted by Crippen LogP contribution is 2.19. The summed E-state index contributed by atoms with van der Waals surface area (Å²) in [5.41, 5.74) is 0.818. The molecule has 2 unspecified atom stereocenters. The normalized spacial score (nSPS) is 25.0. The van der Waals surface area contributed by atoms with Crippen molar-refractivity contribution in [1.82, 2.24) is 19.8 Å². The van der Waals surface area contributed by atoms with E-state index in [1.54, 1.807) is 0 Å². The molecular weight excluding hydrogens is 236 g/mol. The van der Waals surface area contributed by atoms with Gasteiger partial charge in [-0.05, 0) is 31.8 Å². The van der Waals surface area contributed by atoms with Gasteiger partial charge in [0.1, 0.15) is 4.88 Å². The minimum Gasteiger partial charge on any atom is -0.330 e. The van der Waals surface area contributed by atoms with Crippen LogP contribution in [-0.2, 0) is 6.42 Å². The Bertz CT molecular complexity index is 396. The van der Waals surface area contributed by atoms with Gasteiger partial charge in [0, 0.05) is 25.2 Å². The number of carbonyl (C=O) groups excluding carboxylic acids is 1. The van der Waals surface area contributed by atoms with Crippen molar-refractivity contribution in [3.63, 3.8) is 0 Å². The molecule has 1 saturated heterocycles. The molecule has 1 aliphatic rings. The SMILES string of the molecule is CCc1nnsc1C(=O)N1C(C)CNCC1C. The van der Waals surface area contributed by atoms with E-state index in [4.69, 9.17) is 0 Å². The van der Waals surface area contributed by atoms with Gasteiger partial charge in [-0.15, -0.1) is 5.10 Å². The number of amides is 1. The lowest BCUT2D eigenvalue weighted by Gasteiger charge is -2.39. The average Bonchev–Trinajstić information content (AvgIpc) is 2.76. The van der Waals surface area contributed by atoms with E-state index in [1.165, 1.54) is 11.5 Å². The van der Waals surface area contributed by atoms with Crippen LogP contribution in [0.2, 0.25) is 0 Å². The number of nitrogens with zero attached hydrogens (tertiary/aromatic N) is 3. The molecular formula is C11H18N4OS. The molecule has 0 bridgehead atoms. The highest BCUT2D eigenvalue weighted by atomic mass is 32.1. The van der Waals surface area contributed by atoms with Gasteiger partial charge in [0.25, 0.3) is 5.91 Å². The second-order valence-corrected chi connectivity index (χ2v) is 5.23. The Kier molecular flexibility index (Phi) is 3.73. The van der Waals surface area contributed by atoms with E-state index in [0.29, 0.717) is 4.88 Å². The van der Waals surface area contributed by atoms with Crippen LogP contribution in [-0.4, -0.2) is 45.6 Å². The van der Waals surface area contributed by atoms with E-state index < -0.39 is 0 Å². The smallest absolute Gasteiger partial charge is 0.268 e. The van der Waals surface area contributed by atoms with Gasteiger partial charge in [-0.1, -0.05) is 11.4 Å². The standard InChI is InChI=1S/C11H18N4OS/c1-4-9-10(17-14-13-9)11(16)15-7(2)5-12-6-8(15)3/h7-8,12H,4-6H2,1-3H3. The first-order valence-electron chi connectivity index (χ1n) is 5.99. The fourth-order valence-electron chi connectivity index (χ4n) is 2.25. The Morgan fingerprint density at radius 2 is 2.12 bits per heavy atom. The van der Waals surface area contributed by atoms with E-state index in [2.05, 4.69) is 28.8 Å². The third-order valence-corrected chi connectivity index (χ3v) is 3.90. The predicted molar refractivity (Wildman–Crippen MR) is 67.3 cm³/mol. The van der Waals surface area contributed by atoms with Gasteiger partial charge in [-0.25, -0.2) is 0 Å². The van der Waals surface area contributed by atoms with Crippen molar-refractivity contribution in [3.05, 3.63) is 10.6 Å². The summed E-state index contributed by atoms with van der Waals surface area (Å²) < 4.78 is 3.89. The maximum Gasteiger partial charge on any atom is 0.268 e. The first-order valence-corrected chi connectivity index (χ1v) is 6.77. The van der Waals surface area contributed by atoms with E-state index in [1.807, 2.05) is 11.8 Å². The number of carbonyl (C=O) groups is 1. The zero-order valence-electron chi connectivity index (χ0n) is 10.4. The third-order valence-electron chi connectivity index (χ3n) is 3.15. The van der Waals surface area contributed by atoms with Crippen LogP contribution >= 0.6 is 11.5 Å². The van der Waals surface area contributed by atoms with Crippen molar-refractivity contribution in [2.24, 2.45) is 0 Å². The van der Waals surface area contributed by atoms with E-state index in [9.17, 15) is 4.79 Å². The van der Waals surface area contributed by atoms with Gasteiger partial charge in [0.2, 0.25) is 0 Å². The maximum atomic E-state index is 12.5. The summed E-state index contributed by atoms with van der Waals surface area (Å²) in [4.78, 5) is 15.1. The van der Waals surface area contributed by atoms with Crippen LogP contribution in [0.4, 0.5) is 0 Å². The van der Waals surface area contributed by atoms with E-state index >= 15 is 0 Å². The minimum atomic E-state index is 0.0818. The summed E-state index contributed by atoms with van der Waals surface area (Å²) in [7, 11) is 0. The van der Waals surface area contributed by atoms with Gasteiger partial charge >= 0.3 is 0 Å². The molecule has 1 aromatic rings. The summed E-state index contributed by atoms with van der Waals surface area (Å²) in [5, 5.41) is 7.33. The number of aromatic nitrogens is 2.